The number of hydrogen-bond donors (Lipinski definition) is 1. The lowest BCUT2D eigenvalue weighted by atomic mass is 10.1. The molecule has 47 heavy (non-hydrogen) atoms. The second-order valence-electron chi connectivity index (χ2n) is 11.3. The molecule has 0 bridgehead atoms. The molecule has 0 saturated carbocycles. The van der Waals surface area contributed by atoms with Crippen LogP contribution in [0.25, 0.3) is 0 Å². The Morgan fingerprint density at radius 2 is 1.68 bits per heavy atom. The summed E-state index contributed by atoms with van der Waals surface area (Å²) in [6.45, 7) is 6.04. The van der Waals surface area contributed by atoms with Crippen molar-refractivity contribution in [3.05, 3.63) is 84.1 Å². The fourth-order valence-corrected chi connectivity index (χ4v) is 5.44. The number of benzene rings is 3. The van der Waals surface area contributed by atoms with Gasteiger partial charge in [-0.05, 0) is 93.4 Å². The first kappa shape index (κ1) is 33.3. The molecule has 1 aliphatic rings. The molecule has 3 aromatic carbocycles. The fourth-order valence-electron chi connectivity index (χ4n) is 5.44. The van der Waals surface area contributed by atoms with Gasteiger partial charge in [-0.15, -0.1) is 0 Å². The summed E-state index contributed by atoms with van der Waals surface area (Å²) in [7, 11) is 4.68. The van der Waals surface area contributed by atoms with Crippen LogP contribution in [0.4, 0.5) is 22.2 Å². The molecule has 11 nitrogen and oxygen atoms in total. The number of likely N-dealkylation sites (tertiary alicyclic amines) is 1. The largest absolute Gasteiger partial charge is 0.497 e. The van der Waals surface area contributed by atoms with E-state index in [1.54, 1.807) is 50.7 Å². The number of ether oxygens (including phenoxy) is 5. The summed E-state index contributed by atoms with van der Waals surface area (Å²) in [5.41, 5.74) is 2.36. The number of anilines is 3. The van der Waals surface area contributed by atoms with Crippen LogP contribution in [0, 0.1) is 6.92 Å². The maximum Gasteiger partial charge on any atom is 0.421 e. The summed E-state index contributed by atoms with van der Waals surface area (Å²) in [5.74, 6) is 3.29. The van der Waals surface area contributed by atoms with Gasteiger partial charge in [0.05, 0.1) is 34.5 Å². The number of piperidine rings is 1. The van der Waals surface area contributed by atoms with E-state index in [0.29, 0.717) is 46.9 Å². The normalized spacial score (nSPS) is 13.0. The first-order valence-electron chi connectivity index (χ1n) is 15.9. The van der Waals surface area contributed by atoms with Gasteiger partial charge in [-0.2, -0.15) is 4.98 Å². The van der Waals surface area contributed by atoms with E-state index in [1.165, 1.54) is 44.4 Å². The molecule has 248 valence electrons. The molecule has 1 amide bonds. The van der Waals surface area contributed by atoms with Gasteiger partial charge in [0, 0.05) is 30.1 Å². The van der Waals surface area contributed by atoms with Crippen molar-refractivity contribution in [2.75, 3.05) is 57.8 Å². The molecule has 0 aliphatic carbocycles. The number of nitrogens with zero attached hydrogens (tertiary/aromatic N) is 4. The van der Waals surface area contributed by atoms with Crippen LogP contribution in [0.15, 0.2) is 72.9 Å². The lowest BCUT2D eigenvalue weighted by Gasteiger charge is -2.26. The number of amides is 1. The smallest absolute Gasteiger partial charge is 0.421 e. The Morgan fingerprint density at radius 3 is 2.47 bits per heavy atom. The Hall–Kier alpha value is -5.03. The Labute approximate surface area is 276 Å². The van der Waals surface area contributed by atoms with Crippen LogP contribution in [0.1, 0.15) is 36.8 Å². The van der Waals surface area contributed by atoms with E-state index in [1.807, 2.05) is 43.3 Å². The average molecular weight is 642 g/mol. The predicted molar refractivity (Wildman–Crippen MR) is 182 cm³/mol. The Bertz CT molecular complexity index is 1630. The van der Waals surface area contributed by atoms with Gasteiger partial charge >= 0.3 is 6.09 Å². The third kappa shape index (κ3) is 9.26. The number of nitrogens with one attached hydrogen (secondary N) is 1. The number of hydrogen-bond acceptors (Lipinski definition) is 10. The molecular formula is C36H43N5O6. The summed E-state index contributed by atoms with van der Waals surface area (Å²) >= 11 is 0. The van der Waals surface area contributed by atoms with Gasteiger partial charge in [0.1, 0.15) is 23.1 Å². The van der Waals surface area contributed by atoms with Crippen molar-refractivity contribution in [3.8, 4) is 28.7 Å². The van der Waals surface area contributed by atoms with E-state index in [-0.39, 0.29) is 6.54 Å². The van der Waals surface area contributed by atoms with Crippen LogP contribution in [-0.2, 0) is 6.54 Å². The van der Waals surface area contributed by atoms with E-state index < -0.39 is 6.09 Å². The van der Waals surface area contributed by atoms with Gasteiger partial charge in [-0.3, -0.25) is 4.90 Å². The Kier molecular flexibility index (Phi) is 11.7. The van der Waals surface area contributed by atoms with Crippen molar-refractivity contribution in [1.29, 1.82) is 0 Å². The lowest BCUT2D eigenvalue weighted by molar-refractivity contribution is 0.204. The van der Waals surface area contributed by atoms with Crippen LogP contribution >= 0.6 is 0 Å². The van der Waals surface area contributed by atoms with E-state index in [2.05, 4.69) is 15.2 Å². The molecule has 5 rings (SSSR count). The number of methoxy groups -OCH3 is 3. The monoisotopic (exact) mass is 641 g/mol. The molecular weight excluding hydrogens is 598 g/mol. The topological polar surface area (TPSA) is 108 Å². The van der Waals surface area contributed by atoms with Gasteiger partial charge in [-0.1, -0.05) is 18.6 Å². The van der Waals surface area contributed by atoms with Crippen molar-refractivity contribution in [2.24, 2.45) is 0 Å². The Morgan fingerprint density at radius 1 is 0.872 bits per heavy atom. The van der Waals surface area contributed by atoms with Crippen LogP contribution in [0.3, 0.4) is 0 Å². The molecule has 1 aromatic heterocycles. The van der Waals surface area contributed by atoms with Gasteiger partial charge in [0.2, 0.25) is 5.95 Å². The molecule has 0 spiro atoms. The molecule has 1 fully saturated rings. The van der Waals surface area contributed by atoms with Crippen molar-refractivity contribution in [2.45, 2.75) is 39.2 Å². The van der Waals surface area contributed by atoms with Crippen LogP contribution in [-0.4, -0.2) is 68.5 Å². The number of carbonyl (C=O) groups is 1. The molecule has 0 atom stereocenters. The summed E-state index contributed by atoms with van der Waals surface area (Å²) in [6, 6.07) is 20.1. The van der Waals surface area contributed by atoms with Crippen molar-refractivity contribution < 1.29 is 28.5 Å². The summed E-state index contributed by atoms with van der Waals surface area (Å²) in [4.78, 5) is 26.9. The summed E-state index contributed by atoms with van der Waals surface area (Å²) in [5, 5.41) is 3.25. The van der Waals surface area contributed by atoms with Crippen molar-refractivity contribution in [1.82, 2.24) is 14.9 Å². The van der Waals surface area contributed by atoms with Gasteiger partial charge in [0.25, 0.3) is 0 Å². The lowest BCUT2D eigenvalue weighted by Crippen LogP contribution is -2.34. The molecule has 2 heterocycles. The highest BCUT2D eigenvalue weighted by Gasteiger charge is 2.24. The molecule has 0 radical (unpaired) electrons. The van der Waals surface area contributed by atoms with Crippen LogP contribution in [0.2, 0.25) is 0 Å². The molecule has 0 unspecified atom stereocenters. The van der Waals surface area contributed by atoms with E-state index in [4.69, 9.17) is 28.7 Å². The second kappa shape index (κ2) is 16.5. The highest BCUT2D eigenvalue weighted by atomic mass is 16.6. The zero-order chi connectivity index (χ0) is 33.0. The fraction of sp³-hybridized carbons (Fsp3) is 0.361. The molecule has 1 aliphatic heterocycles. The molecule has 1 N–H and O–H groups in total. The number of aromatic nitrogens is 2. The van der Waals surface area contributed by atoms with Gasteiger partial charge in [-0.25, -0.2) is 9.78 Å². The van der Waals surface area contributed by atoms with Crippen LogP contribution in [0.5, 0.6) is 28.7 Å². The van der Waals surface area contributed by atoms with E-state index in [0.717, 1.165) is 30.0 Å². The number of aryl methyl sites for hydroxylation is 1. The summed E-state index contributed by atoms with van der Waals surface area (Å²) < 4.78 is 28.4. The first-order chi connectivity index (χ1) is 22.9. The zero-order valence-corrected chi connectivity index (χ0v) is 27.5. The maximum atomic E-state index is 13.9. The van der Waals surface area contributed by atoms with E-state index in [9.17, 15) is 4.79 Å². The second-order valence-corrected chi connectivity index (χ2v) is 11.3. The average Bonchev–Trinajstić information content (AvgIpc) is 3.09. The SMILES string of the molecule is COc1ccc(OC)c(CN(C(=O)Oc2cc(C)ccc2OC)c2ccnc(Nc3cccc(OCCCN4CCCCC4)c3)n2)c1. The van der Waals surface area contributed by atoms with Crippen molar-refractivity contribution >= 4 is 23.5 Å². The molecule has 11 heteroatoms. The minimum atomic E-state index is -0.664. The van der Waals surface area contributed by atoms with Crippen molar-refractivity contribution in [3.63, 3.8) is 0 Å². The zero-order valence-electron chi connectivity index (χ0n) is 27.5. The quantitative estimate of drug-likeness (QED) is 0.144. The van der Waals surface area contributed by atoms with Gasteiger partial charge in [0.15, 0.2) is 11.5 Å². The van der Waals surface area contributed by atoms with Crippen LogP contribution < -0.4 is 33.9 Å². The third-order valence-electron chi connectivity index (χ3n) is 7.90. The van der Waals surface area contributed by atoms with Gasteiger partial charge < -0.3 is 33.9 Å². The summed E-state index contributed by atoms with van der Waals surface area (Å²) in [6.07, 6.45) is 5.80. The first-order valence-corrected chi connectivity index (χ1v) is 15.9. The minimum Gasteiger partial charge on any atom is -0.497 e. The highest BCUT2D eigenvalue weighted by molar-refractivity contribution is 5.88. The minimum absolute atomic E-state index is 0.0740. The molecule has 1 saturated heterocycles. The number of rotatable bonds is 14. The van der Waals surface area contributed by atoms with E-state index >= 15 is 0 Å². The maximum absolute atomic E-state index is 13.9. The number of carbonyl (C=O) groups excluding carboxylic acids is 1. The Balaban J connectivity index is 1.35. The standard InChI is InChI=1S/C36H43N5O6/c1-26-12-14-32(45-4)33(22-26)47-36(42)41(25-27-23-29(43-2)13-15-31(27)44-3)34-16-17-37-35(39-34)38-28-10-8-11-30(24-28)46-21-9-20-40-18-6-5-7-19-40/h8,10-17,22-24H,5-7,9,18-21,25H2,1-4H3,(H,37,38,39). The molecule has 4 aromatic rings. The third-order valence-corrected chi connectivity index (χ3v) is 7.90. The predicted octanol–water partition coefficient (Wildman–Crippen LogP) is 7.01. The highest BCUT2D eigenvalue weighted by Crippen LogP contribution is 2.31.